The Hall–Kier alpha value is -3.55. The van der Waals surface area contributed by atoms with E-state index in [1.165, 1.54) is 12.1 Å². The van der Waals surface area contributed by atoms with Crippen molar-refractivity contribution in [1.82, 2.24) is 20.0 Å². The molecule has 1 aliphatic rings. The van der Waals surface area contributed by atoms with Gasteiger partial charge in [-0.15, -0.1) is 0 Å². The Balaban J connectivity index is 1.61. The van der Waals surface area contributed by atoms with Gasteiger partial charge in [0.05, 0.1) is 6.20 Å². The first-order valence-corrected chi connectivity index (χ1v) is 9.39. The molecule has 3 heterocycles. The molecule has 8 heteroatoms. The Morgan fingerprint density at radius 1 is 1.10 bits per heavy atom. The monoisotopic (exact) mass is 391 g/mol. The highest BCUT2D eigenvalue weighted by Gasteiger charge is 2.19. The number of likely N-dealkylation sites (N-methyl/N-ethyl adjacent to an activating group) is 1. The van der Waals surface area contributed by atoms with Crippen molar-refractivity contribution in [1.29, 1.82) is 0 Å². The zero-order chi connectivity index (χ0) is 20.2. The van der Waals surface area contributed by atoms with E-state index in [-0.39, 0.29) is 17.8 Å². The van der Waals surface area contributed by atoms with Crippen molar-refractivity contribution in [3.05, 3.63) is 71.9 Å². The average molecular weight is 391 g/mol. The molecule has 2 aromatic heterocycles. The molecule has 0 bridgehead atoms. The minimum Gasteiger partial charge on any atom is -0.363 e. The van der Waals surface area contributed by atoms with Gasteiger partial charge in [-0.3, -0.25) is 9.99 Å². The van der Waals surface area contributed by atoms with Crippen LogP contribution < -0.4 is 10.6 Å². The van der Waals surface area contributed by atoms with Crippen molar-refractivity contribution in [2.24, 2.45) is 5.10 Å². The molecule has 2 atom stereocenters. The smallest absolute Gasteiger partial charge is 0.150 e. The Bertz CT molecular complexity index is 992. The van der Waals surface area contributed by atoms with Crippen LogP contribution in [0.1, 0.15) is 30.0 Å². The number of rotatable bonds is 6. The first-order valence-electron chi connectivity index (χ1n) is 9.39. The van der Waals surface area contributed by atoms with Crippen LogP contribution in [0.2, 0.25) is 0 Å². The van der Waals surface area contributed by atoms with E-state index in [1.54, 1.807) is 30.7 Å². The molecular weight excluding hydrogens is 369 g/mol. The molecule has 1 aromatic carbocycles. The fourth-order valence-electron chi connectivity index (χ4n) is 3.22. The first-order chi connectivity index (χ1) is 14.1. The van der Waals surface area contributed by atoms with Gasteiger partial charge in [0, 0.05) is 44.2 Å². The molecule has 0 aliphatic carbocycles. The first kappa shape index (κ1) is 18.8. The van der Waals surface area contributed by atoms with Gasteiger partial charge in [0.25, 0.3) is 0 Å². The average Bonchev–Trinajstić information content (AvgIpc) is 3.15. The summed E-state index contributed by atoms with van der Waals surface area (Å²) in [5, 5.41) is 12.9. The highest BCUT2D eigenvalue weighted by atomic mass is 19.1. The lowest BCUT2D eigenvalue weighted by Gasteiger charge is -2.18. The maximum Gasteiger partial charge on any atom is 0.150 e. The maximum absolute atomic E-state index is 13.2. The lowest BCUT2D eigenvalue weighted by molar-refractivity contribution is 0.381. The fourth-order valence-corrected chi connectivity index (χ4v) is 3.22. The topological polar surface area (TPSA) is 78.3 Å². The predicted octanol–water partition coefficient (Wildman–Crippen LogP) is 3.94. The number of hydrogen-bond acceptors (Lipinski definition) is 7. The number of pyridine rings is 1. The van der Waals surface area contributed by atoms with Crippen LogP contribution in [-0.2, 0) is 0 Å². The van der Waals surface area contributed by atoms with Crippen LogP contribution in [0.4, 0.5) is 21.8 Å². The zero-order valence-corrected chi connectivity index (χ0v) is 16.2. The summed E-state index contributed by atoms with van der Waals surface area (Å²) in [5.41, 5.74) is 2.07. The van der Waals surface area contributed by atoms with E-state index in [9.17, 15) is 4.39 Å². The summed E-state index contributed by atoms with van der Waals surface area (Å²) in [4.78, 5) is 13.0. The highest BCUT2D eigenvalue weighted by Crippen LogP contribution is 2.27. The van der Waals surface area contributed by atoms with E-state index in [1.807, 2.05) is 37.3 Å². The summed E-state index contributed by atoms with van der Waals surface area (Å²) in [6.45, 7) is 2.82. The third kappa shape index (κ3) is 4.66. The number of hydrogen-bond donors (Lipinski definition) is 2. The number of anilines is 3. The normalized spacial score (nSPS) is 16.7. The Kier molecular flexibility index (Phi) is 5.33. The van der Waals surface area contributed by atoms with Crippen molar-refractivity contribution in [3.8, 4) is 0 Å². The van der Waals surface area contributed by atoms with Gasteiger partial charge in [0.1, 0.15) is 23.3 Å². The van der Waals surface area contributed by atoms with Crippen LogP contribution in [0, 0.1) is 5.82 Å². The Morgan fingerprint density at radius 3 is 2.59 bits per heavy atom. The number of benzene rings is 1. The molecule has 3 aromatic rings. The molecule has 1 unspecified atom stereocenters. The van der Waals surface area contributed by atoms with Crippen LogP contribution >= 0.6 is 0 Å². The summed E-state index contributed by atoms with van der Waals surface area (Å²) in [5.74, 6) is 1.92. The fraction of sp³-hybridized carbons (Fsp3) is 0.238. The summed E-state index contributed by atoms with van der Waals surface area (Å²) in [6.07, 6.45) is 6.83. The standard InChI is InChI=1S/C21H22FN7/c1-14(15-3-5-18(22)6-4-15)26-19-9-16(17-11-25-29(2)13-17)10-20(27-19)28-21-12-23-7-8-24-21/h3-12,14,17H,13H2,1-2H3,(H2,24,26,27,28)/t14-,17?/m1/s1. The molecule has 148 valence electrons. The minimum absolute atomic E-state index is 0.0392. The van der Waals surface area contributed by atoms with Crippen LogP contribution in [-0.4, -0.2) is 39.8 Å². The molecule has 0 spiro atoms. The van der Waals surface area contributed by atoms with Gasteiger partial charge in [-0.1, -0.05) is 12.1 Å². The molecular formula is C21H22FN7. The van der Waals surface area contributed by atoms with E-state index >= 15 is 0 Å². The van der Waals surface area contributed by atoms with E-state index in [0.717, 1.165) is 17.7 Å². The molecule has 29 heavy (non-hydrogen) atoms. The van der Waals surface area contributed by atoms with Gasteiger partial charge in [-0.2, -0.15) is 5.10 Å². The second kappa shape index (κ2) is 8.22. The lowest BCUT2D eigenvalue weighted by atomic mass is 10.0. The molecule has 0 saturated carbocycles. The van der Waals surface area contributed by atoms with Gasteiger partial charge >= 0.3 is 0 Å². The molecule has 7 nitrogen and oxygen atoms in total. The second-order valence-corrected chi connectivity index (χ2v) is 7.02. The summed E-state index contributed by atoms with van der Waals surface area (Å²) in [6, 6.07) is 10.5. The third-order valence-corrected chi connectivity index (χ3v) is 4.73. The summed E-state index contributed by atoms with van der Waals surface area (Å²) in [7, 11) is 1.95. The van der Waals surface area contributed by atoms with Gasteiger partial charge in [-0.25, -0.2) is 14.4 Å². The number of nitrogens with one attached hydrogen (secondary N) is 2. The number of nitrogens with zero attached hydrogens (tertiary/aromatic N) is 5. The molecule has 0 amide bonds. The van der Waals surface area contributed by atoms with Crippen LogP contribution in [0.5, 0.6) is 0 Å². The SMILES string of the molecule is C[C@@H](Nc1cc(C2C=NN(C)C2)cc(Nc2cnccn2)n1)c1ccc(F)cc1. The van der Waals surface area contributed by atoms with E-state index in [4.69, 9.17) is 0 Å². The van der Waals surface area contributed by atoms with Crippen molar-refractivity contribution in [2.75, 3.05) is 24.2 Å². The summed E-state index contributed by atoms with van der Waals surface area (Å²) >= 11 is 0. The van der Waals surface area contributed by atoms with E-state index in [0.29, 0.717) is 17.5 Å². The van der Waals surface area contributed by atoms with Crippen molar-refractivity contribution >= 4 is 23.7 Å². The summed E-state index contributed by atoms with van der Waals surface area (Å²) < 4.78 is 13.2. The van der Waals surface area contributed by atoms with Crippen LogP contribution in [0.25, 0.3) is 0 Å². The van der Waals surface area contributed by atoms with Crippen LogP contribution in [0.3, 0.4) is 0 Å². The van der Waals surface area contributed by atoms with Crippen molar-refractivity contribution in [2.45, 2.75) is 18.9 Å². The molecule has 1 aliphatic heterocycles. The van der Waals surface area contributed by atoms with Crippen molar-refractivity contribution < 1.29 is 4.39 Å². The van der Waals surface area contributed by atoms with Gasteiger partial charge in [-0.05, 0) is 42.3 Å². The number of halogens is 1. The Morgan fingerprint density at radius 2 is 1.90 bits per heavy atom. The Labute approximate surface area is 168 Å². The van der Waals surface area contributed by atoms with Gasteiger partial charge < -0.3 is 10.6 Å². The molecule has 0 radical (unpaired) electrons. The highest BCUT2D eigenvalue weighted by molar-refractivity contribution is 5.71. The lowest BCUT2D eigenvalue weighted by Crippen LogP contribution is -2.14. The quantitative estimate of drug-likeness (QED) is 0.663. The maximum atomic E-state index is 13.2. The van der Waals surface area contributed by atoms with Gasteiger partial charge in [0.2, 0.25) is 0 Å². The molecule has 0 saturated heterocycles. The van der Waals surface area contributed by atoms with Gasteiger partial charge in [0.15, 0.2) is 0 Å². The molecule has 2 N–H and O–H groups in total. The van der Waals surface area contributed by atoms with E-state index < -0.39 is 0 Å². The van der Waals surface area contributed by atoms with Crippen molar-refractivity contribution in [3.63, 3.8) is 0 Å². The molecule has 0 fully saturated rings. The third-order valence-electron chi connectivity index (χ3n) is 4.73. The van der Waals surface area contributed by atoms with E-state index in [2.05, 4.69) is 30.7 Å². The van der Waals surface area contributed by atoms with Crippen LogP contribution in [0.15, 0.2) is 60.1 Å². The minimum atomic E-state index is -0.249. The molecule has 4 rings (SSSR count). The predicted molar refractivity (Wildman–Crippen MR) is 112 cm³/mol. The number of hydrazone groups is 1. The number of aromatic nitrogens is 3. The second-order valence-electron chi connectivity index (χ2n) is 7.02. The largest absolute Gasteiger partial charge is 0.363 e. The zero-order valence-electron chi connectivity index (χ0n) is 16.2.